The first kappa shape index (κ1) is 36.4. The molecule has 1 aromatic heterocycles. The number of phenolic OH excluding ortho intramolecular Hbond substituents is 2. The first-order valence-corrected chi connectivity index (χ1v) is 18.8. The molecule has 0 radical (unpaired) electrons. The van der Waals surface area contributed by atoms with Crippen LogP contribution in [0, 0.1) is 11.8 Å². The van der Waals surface area contributed by atoms with Crippen LogP contribution in [0.1, 0.15) is 86.3 Å². The Morgan fingerprint density at radius 3 is 2.70 bits per heavy atom. The third-order valence-electron chi connectivity index (χ3n) is 11.2. The third kappa shape index (κ3) is 7.47. The second kappa shape index (κ2) is 15.2. The van der Waals surface area contributed by atoms with Crippen molar-refractivity contribution in [2.45, 2.75) is 76.7 Å². The molecule has 53 heavy (non-hydrogen) atoms. The minimum Gasteiger partial charge on any atom is -0.508 e. The van der Waals surface area contributed by atoms with E-state index in [1.165, 1.54) is 6.92 Å². The van der Waals surface area contributed by atoms with Gasteiger partial charge in [-0.05, 0) is 103 Å². The van der Waals surface area contributed by atoms with Gasteiger partial charge in [0.25, 0.3) is 0 Å². The van der Waals surface area contributed by atoms with Gasteiger partial charge in [0.05, 0.1) is 13.0 Å². The molecule has 4 unspecified atom stereocenters. The molecular formula is C43H51N3O7. The fourth-order valence-corrected chi connectivity index (χ4v) is 8.79. The Hall–Kier alpha value is -4.96. The van der Waals surface area contributed by atoms with E-state index in [1.807, 2.05) is 30.5 Å². The number of aromatic nitrogens is 1. The molecule has 7 rings (SSSR count). The molecule has 1 aliphatic heterocycles. The van der Waals surface area contributed by atoms with E-state index in [4.69, 9.17) is 24.7 Å². The summed E-state index contributed by atoms with van der Waals surface area (Å²) in [7, 11) is 1.63. The highest BCUT2D eigenvalue weighted by Gasteiger charge is 2.50. The van der Waals surface area contributed by atoms with Crippen LogP contribution in [0.4, 0.5) is 5.82 Å². The van der Waals surface area contributed by atoms with Gasteiger partial charge in [-0.2, -0.15) is 0 Å². The first-order valence-electron chi connectivity index (χ1n) is 18.8. The number of nitrogens with two attached hydrogens (primary N) is 1. The molecule has 10 heteroatoms. The maximum absolute atomic E-state index is 12.2. The van der Waals surface area contributed by atoms with E-state index in [0.717, 1.165) is 89.8 Å². The number of carbonyl (C=O) groups excluding carboxylic acids is 1. The molecule has 0 amide bonds. The lowest BCUT2D eigenvalue weighted by Crippen LogP contribution is -2.31. The predicted molar refractivity (Wildman–Crippen MR) is 204 cm³/mol. The minimum atomic E-state index is -0.499. The van der Waals surface area contributed by atoms with Crippen molar-refractivity contribution in [1.82, 2.24) is 10.3 Å². The van der Waals surface area contributed by atoms with Crippen LogP contribution < -0.4 is 25.3 Å². The molecule has 2 aliphatic carbocycles. The summed E-state index contributed by atoms with van der Waals surface area (Å²) in [5.41, 5.74) is 12.8. The summed E-state index contributed by atoms with van der Waals surface area (Å²) in [6, 6.07) is 17.0. The molecule has 2 heterocycles. The lowest BCUT2D eigenvalue weighted by Gasteiger charge is -2.39. The Morgan fingerprint density at radius 1 is 1.09 bits per heavy atom. The number of pyridine rings is 1. The van der Waals surface area contributed by atoms with Crippen molar-refractivity contribution in [2.24, 2.45) is 11.8 Å². The number of nitrogens with zero attached hydrogens (tertiary/aromatic N) is 1. The Morgan fingerprint density at radius 2 is 1.94 bits per heavy atom. The second-order valence-corrected chi connectivity index (χ2v) is 15.4. The van der Waals surface area contributed by atoms with Crippen LogP contribution in [0.5, 0.6) is 28.7 Å². The fourth-order valence-electron chi connectivity index (χ4n) is 8.79. The third-order valence-corrected chi connectivity index (χ3v) is 11.2. The molecule has 3 aliphatic rings. The standard InChI is InChI=1S/C43H51N3O7/c1-25(2)12-14-45-15-16-51-36-19-29(6-9-35(36)49)41-34(24-52-26(3)47)32-7-8-33-39-30(18-31(48)20-37(39)50-4)22-43(40(33)42(32)53-41)13-11-27(21-43)17-28-5-10-38(44)46-23-28/h5-10,18-20,23,25,27,34,41,45,48-49H,11-17,21-22,24H2,1-4H3,(H2,44,46). The number of esters is 1. The van der Waals surface area contributed by atoms with Crippen LogP contribution in [-0.4, -0.2) is 54.6 Å². The number of nitrogen functional groups attached to an aromatic ring is 1. The van der Waals surface area contributed by atoms with Gasteiger partial charge in [0.1, 0.15) is 42.4 Å². The smallest absolute Gasteiger partial charge is 0.302 e. The van der Waals surface area contributed by atoms with E-state index >= 15 is 0 Å². The number of aromatic hydroxyl groups is 2. The summed E-state index contributed by atoms with van der Waals surface area (Å²) >= 11 is 0. The van der Waals surface area contributed by atoms with Crippen LogP contribution in [-0.2, 0) is 27.8 Å². The maximum atomic E-state index is 12.2. The quantitative estimate of drug-likeness (QED) is 0.0815. The Labute approximate surface area is 311 Å². The molecular weight excluding hydrogens is 670 g/mol. The highest BCUT2D eigenvalue weighted by Crippen LogP contribution is 2.62. The molecule has 1 spiro atoms. The minimum absolute atomic E-state index is 0.0552. The van der Waals surface area contributed by atoms with Crippen molar-refractivity contribution in [2.75, 3.05) is 39.1 Å². The number of rotatable bonds is 13. The molecule has 3 aromatic carbocycles. The van der Waals surface area contributed by atoms with Crippen molar-refractivity contribution < 1.29 is 34.0 Å². The van der Waals surface area contributed by atoms with Crippen molar-refractivity contribution in [3.63, 3.8) is 0 Å². The SMILES string of the molecule is COc1cc(O)cc2c1-c1ccc3c(c1C1(CCC(Cc4ccc(N)nc4)C1)C2)OC(c1ccc(O)c(OCCNCCC(C)C)c1)C3COC(C)=O. The summed E-state index contributed by atoms with van der Waals surface area (Å²) in [5.74, 6) is 2.91. The zero-order chi connectivity index (χ0) is 37.3. The van der Waals surface area contributed by atoms with E-state index in [-0.39, 0.29) is 35.4 Å². The van der Waals surface area contributed by atoms with Crippen LogP contribution in [0.2, 0.25) is 0 Å². The average Bonchev–Trinajstić information content (AvgIpc) is 3.70. The van der Waals surface area contributed by atoms with E-state index in [9.17, 15) is 15.0 Å². The zero-order valence-corrected chi connectivity index (χ0v) is 31.1. The van der Waals surface area contributed by atoms with Crippen molar-refractivity contribution >= 4 is 11.8 Å². The average molecular weight is 722 g/mol. The Balaban J connectivity index is 1.27. The largest absolute Gasteiger partial charge is 0.508 e. The molecule has 10 nitrogen and oxygen atoms in total. The van der Waals surface area contributed by atoms with Crippen LogP contribution in [0.25, 0.3) is 11.1 Å². The van der Waals surface area contributed by atoms with Crippen LogP contribution in [0.15, 0.2) is 60.8 Å². The lowest BCUT2D eigenvalue weighted by atomic mass is 9.65. The van der Waals surface area contributed by atoms with Gasteiger partial charge in [-0.25, -0.2) is 4.98 Å². The number of carbonyl (C=O) groups is 1. The normalized spacial score (nSPS) is 21.2. The van der Waals surface area contributed by atoms with Gasteiger partial charge in [0.2, 0.25) is 0 Å². The van der Waals surface area contributed by atoms with E-state index in [0.29, 0.717) is 42.3 Å². The molecule has 4 aromatic rings. The summed E-state index contributed by atoms with van der Waals surface area (Å²) in [5, 5.41) is 24.9. The zero-order valence-electron chi connectivity index (χ0n) is 31.1. The molecule has 5 N–H and O–H groups in total. The van der Waals surface area contributed by atoms with Gasteiger partial charge in [0, 0.05) is 47.8 Å². The number of fused-ring (bicyclic) bond motifs is 6. The monoisotopic (exact) mass is 721 g/mol. The predicted octanol–water partition coefficient (Wildman–Crippen LogP) is 7.38. The van der Waals surface area contributed by atoms with E-state index in [2.05, 4.69) is 42.3 Å². The number of nitrogens with one attached hydrogen (secondary N) is 1. The van der Waals surface area contributed by atoms with Gasteiger partial charge in [-0.15, -0.1) is 0 Å². The van der Waals surface area contributed by atoms with Gasteiger partial charge in [-0.1, -0.05) is 38.1 Å². The molecule has 4 atom stereocenters. The summed E-state index contributed by atoms with van der Waals surface area (Å²) < 4.78 is 24.8. The number of anilines is 1. The maximum Gasteiger partial charge on any atom is 0.302 e. The summed E-state index contributed by atoms with van der Waals surface area (Å²) in [6.07, 6.45) is 6.93. The van der Waals surface area contributed by atoms with Crippen molar-refractivity contribution in [1.29, 1.82) is 0 Å². The fraction of sp³-hybridized carbons (Fsp3) is 0.442. The number of ether oxygens (including phenoxy) is 4. The number of phenols is 2. The van der Waals surface area contributed by atoms with Crippen molar-refractivity contribution in [3.05, 3.63) is 88.6 Å². The summed E-state index contributed by atoms with van der Waals surface area (Å²) in [6.45, 7) is 7.91. The topological polar surface area (TPSA) is 145 Å². The lowest BCUT2D eigenvalue weighted by molar-refractivity contribution is -0.141. The highest BCUT2D eigenvalue weighted by atomic mass is 16.5. The number of benzene rings is 3. The van der Waals surface area contributed by atoms with Gasteiger partial charge >= 0.3 is 5.97 Å². The van der Waals surface area contributed by atoms with Gasteiger partial charge in [0.15, 0.2) is 11.5 Å². The van der Waals surface area contributed by atoms with Crippen LogP contribution in [0.3, 0.4) is 0 Å². The number of methoxy groups -OCH3 is 1. The first-order chi connectivity index (χ1) is 25.5. The highest BCUT2D eigenvalue weighted by molar-refractivity contribution is 5.84. The molecule has 1 saturated carbocycles. The van der Waals surface area contributed by atoms with Crippen molar-refractivity contribution in [3.8, 4) is 39.9 Å². The Bertz CT molecular complexity index is 1960. The molecule has 280 valence electrons. The molecule has 1 fully saturated rings. The van der Waals surface area contributed by atoms with Gasteiger partial charge in [-0.3, -0.25) is 4.79 Å². The molecule has 0 saturated heterocycles. The molecule has 0 bridgehead atoms. The van der Waals surface area contributed by atoms with Crippen LogP contribution >= 0.6 is 0 Å². The Kier molecular flexibility index (Phi) is 10.4. The van der Waals surface area contributed by atoms with E-state index < -0.39 is 6.10 Å². The second-order valence-electron chi connectivity index (χ2n) is 15.4. The van der Waals surface area contributed by atoms with Gasteiger partial charge < -0.3 is 40.2 Å². The number of hydrogen-bond acceptors (Lipinski definition) is 10. The summed E-state index contributed by atoms with van der Waals surface area (Å²) in [4.78, 5) is 16.5. The van der Waals surface area contributed by atoms with E-state index in [1.54, 1.807) is 19.2 Å². The number of hydrogen-bond donors (Lipinski definition) is 4.